The van der Waals surface area contributed by atoms with Crippen LogP contribution in [0.3, 0.4) is 0 Å². The Hall–Kier alpha value is -2.25. The van der Waals surface area contributed by atoms with E-state index in [9.17, 15) is 4.79 Å². The second-order valence-electron chi connectivity index (χ2n) is 6.41. The summed E-state index contributed by atoms with van der Waals surface area (Å²) in [5.41, 5.74) is 1.14. The molecular weight excluding hydrogens is 334 g/mol. The fourth-order valence-electron chi connectivity index (χ4n) is 3.00. The van der Waals surface area contributed by atoms with E-state index in [1.54, 1.807) is 7.11 Å². The number of carbonyl (C=O) groups excluding carboxylic acids is 1. The quantitative estimate of drug-likeness (QED) is 0.639. The molecule has 0 unspecified atom stereocenters. The number of benzene rings is 1. The lowest BCUT2D eigenvalue weighted by Crippen LogP contribution is -2.29. The Balaban J connectivity index is 1.41. The van der Waals surface area contributed by atoms with Gasteiger partial charge < -0.3 is 18.9 Å². The van der Waals surface area contributed by atoms with Crippen molar-refractivity contribution in [1.29, 1.82) is 0 Å². The van der Waals surface area contributed by atoms with Crippen LogP contribution in [0.2, 0.25) is 0 Å². The number of likely N-dealkylation sites (tertiary alicyclic amines) is 1. The smallest absolute Gasteiger partial charge is 0.231 e. The van der Waals surface area contributed by atoms with E-state index in [1.165, 1.54) is 0 Å². The molecule has 1 atom stereocenters. The number of hydrogen-bond donors (Lipinski definition) is 0. The predicted octanol–water partition coefficient (Wildman–Crippen LogP) is 2.18. The third-order valence-corrected chi connectivity index (χ3v) is 4.48. The van der Waals surface area contributed by atoms with Crippen molar-refractivity contribution in [2.45, 2.75) is 31.8 Å². The molecule has 7 nitrogen and oxygen atoms in total. The lowest BCUT2D eigenvalue weighted by molar-refractivity contribution is -0.131. The van der Waals surface area contributed by atoms with E-state index < -0.39 is 0 Å². The lowest BCUT2D eigenvalue weighted by atomic mass is 10.1. The minimum absolute atomic E-state index is 0.114. The second-order valence-corrected chi connectivity index (χ2v) is 6.41. The molecule has 1 amide bonds. The van der Waals surface area contributed by atoms with Crippen LogP contribution in [0.15, 0.2) is 34.9 Å². The van der Waals surface area contributed by atoms with Gasteiger partial charge in [0, 0.05) is 26.6 Å². The summed E-state index contributed by atoms with van der Waals surface area (Å²) in [6.07, 6.45) is 1.88. The molecule has 2 aromatic rings. The van der Waals surface area contributed by atoms with Crippen LogP contribution in [-0.2, 0) is 27.3 Å². The zero-order chi connectivity index (χ0) is 18.2. The largest absolute Gasteiger partial charge is 0.384 e. The highest BCUT2D eigenvalue weighted by atomic mass is 16.5. The third-order valence-electron chi connectivity index (χ3n) is 4.48. The van der Waals surface area contributed by atoms with Crippen LogP contribution in [0.5, 0.6) is 0 Å². The first-order valence-electron chi connectivity index (χ1n) is 8.97. The first-order valence-corrected chi connectivity index (χ1v) is 8.97. The maximum Gasteiger partial charge on any atom is 0.231 e. The second kappa shape index (κ2) is 9.45. The molecule has 0 spiro atoms. The van der Waals surface area contributed by atoms with Crippen LogP contribution in [0.4, 0.5) is 0 Å². The Morgan fingerprint density at radius 2 is 2.15 bits per heavy atom. The van der Waals surface area contributed by atoms with Crippen LogP contribution in [0.25, 0.3) is 0 Å². The summed E-state index contributed by atoms with van der Waals surface area (Å²) in [4.78, 5) is 18.4. The van der Waals surface area contributed by atoms with Crippen molar-refractivity contribution in [3.8, 4) is 0 Å². The number of aromatic nitrogens is 2. The van der Waals surface area contributed by atoms with Crippen LogP contribution >= 0.6 is 0 Å². The molecule has 0 N–H and O–H groups in total. The maximum atomic E-state index is 12.0. The average Bonchev–Trinajstić information content (AvgIpc) is 3.33. The molecule has 1 aliphatic rings. The standard InChI is InChI=1S/C19H25N3O4/c1-24-11-9-18(23)22-10-7-16(13-22)19-20-17(21-26-19)8-12-25-14-15-5-3-2-4-6-15/h2-6,16H,7-14H2,1H3/t16-/m0/s1. The minimum atomic E-state index is 0.114. The number of nitrogens with zero attached hydrogens (tertiary/aromatic N) is 3. The van der Waals surface area contributed by atoms with Crippen molar-refractivity contribution in [2.75, 3.05) is 33.4 Å². The zero-order valence-electron chi connectivity index (χ0n) is 15.1. The molecule has 7 heteroatoms. The molecule has 1 saturated heterocycles. The topological polar surface area (TPSA) is 77.7 Å². The molecule has 0 saturated carbocycles. The molecule has 1 fully saturated rings. The fourth-order valence-corrected chi connectivity index (χ4v) is 3.00. The lowest BCUT2D eigenvalue weighted by Gasteiger charge is -2.15. The fraction of sp³-hybridized carbons (Fsp3) is 0.526. The summed E-state index contributed by atoms with van der Waals surface area (Å²) >= 11 is 0. The van der Waals surface area contributed by atoms with E-state index in [-0.39, 0.29) is 11.8 Å². The predicted molar refractivity (Wildman–Crippen MR) is 94.5 cm³/mol. The minimum Gasteiger partial charge on any atom is -0.384 e. The Morgan fingerprint density at radius 1 is 1.31 bits per heavy atom. The van der Waals surface area contributed by atoms with Crippen LogP contribution in [-0.4, -0.2) is 54.4 Å². The van der Waals surface area contributed by atoms with Gasteiger partial charge in [0.05, 0.1) is 32.2 Å². The first kappa shape index (κ1) is 18.5. The SMILES string of the molecule is COCCC(=O)N1CC[C@H](c2nc(CCOCc3ccccc3)no2)C1. The van der Waals surface area contributed by atoms with E-state index in [0.717, 1.165) is 18.5 Å². The van der Waals surface area contributed by atoms with Crippen LogP contribution in [0, 0.1) is 0 Å². The van der Waals surface area contributed by atoms with Gasteiger partial charge in [-0.1, -0.05) is 35.5 Å². The van der Waals surface area contributed by atoms with Gasteiger partial charge in [-0.05, 0) is 12.0 Å². The van der Waals surface area contributed by atoms with Crippen molar-refractivity contribution in [3.63, 3.8) is 0 Å². The number of rotatable bonds is 9. The van der Waals surface area contributed by atoms with Gasteiger partial charge in [0.15, 0.2) is 5.82 Å². The normalized spacial score (nSPS) is 17.0. The van der Waals surface area contributed by atoms with Crippen molar-refractivity contribution in [1.82, 2.24) is 15.0 Å². The average molecular weight is 359 g/mol. The molecule has 1 aromatic heterocycles. The molecule has 1 aliphatic heterocycles. The van der Waals surface area contributed by atoms with Crippen molar-refractivity contribution in [2.24, 2.45) is 0 Å². The van der Waals surface area contributed by atoms with E-state index in [2.05, 4.69) is 10.1 Å². The molecule has 26 heavy (non-hydrogen) atoms. The van der Waals surface area contributed by atoms with E-state index >= 15 is 0 Å². The van der Waals surface area contributed by atoms with Gasteiger partial charge in [-0.2, -0.15) is 4.98 Å². The van der Waals surface area contributed by atoms with Crippen molar-refractivity contribution in [3.05, 3.63) is 47.6 Å². The summed E-state index contributed by atoms with van der Waals surface area (Å²) in [6, 6.07) is 10.0. The molecule has 140 valence electrons. The maximum absolute atomic E-state index is 12.0. The number of hydrogen-bond acceptors (Lipinski definition) is 6. The van der Waals surface area contributed by atoms with Gasteiger partial charge in [-0.25, -0.2) is 0 Å². The summed E-state index contributed by atoms with van der Waals surface area (Å²) < 4.78 is 16.0. The first-order chi connectivity index (χ1) is 12.8. The number of amides is 1. The third kappa shape index (κ3) is 5.12. The van der Waals surface area contributed by atoms with Crippen LogP contribution < -0.4 is 0 Å². The summed E-state index contributed by atoms with van der Waals surface area (Å²) in [7, 11) is 1.60. The molecule has 3 rings (SSSR count). The highest BCUT2D eigenvalue weighted by Gasteiger charge is 2.30. The Bertz CT molecular complexity index is 689. The van der Waals surface area contributed by atoms with E-state index in [1.807, 2.05) is 35.2 Å². The molecule has 2 heterocycles. The Morgan fingerprint density at radius 3 is 2.96 bits per heavy atom. The molecule has 0 aliphatic carbocycles. The molecule has 0 bridgehead atoms. The monoisotopic (exact) mass is 359 g/mol. The summed E-state index contributed by atoms with van der Waals surface area (Å²) in [5.74, 6) is 1.50. The van der Waals surface area contributed by atoms with Crippen molar-refractivity contribution >= 4 is 5.91 Å². The Labute approximate surface area is 153 Å². The summed E-state index contributed by atoms with van der Waals surface area (Å²) in [5, 5.41) is 4.04. The van der Waals surface area contributed by atoms with Gasteiger partial charge in [-0.3, -0.25) is 4.79 Å². The zero-order valence-corrected chi connectivity index (χ0v) is 15.1. The van der Waals surface area contributed by atoms with Gasteiger partial charge in [0.1, 0.15) is 0 Å². The highest BCUT2D eigenvalue weighted by molar-refractivity contribution is 5.76. The number of ether oxygens (including phenoxy) is 2. The van der Waals surface area contributed by atoms with Gasteiger partial charge >= 0.3 is 0 Å². The Kier molecular flexibility index (Phi) is 6.74. The molecular formula is C19H25N3O4. The van der Waals surface area contributed by atoms with Crippen molar-refractivity contribution < 1.29 is 18.8 Å². The van der Waals surface area contributed by atoms with Gasteiger partial charge in [0.25, 0.3) is 0 Å². The van der Waals surface area contributed by atoms with Crippen LogP contribution in [0.1, 0.15) is 36.0 Å². The summed E-state index contributed by atoms with van der Waals surface area (Å²) in [6.45, 7) is 2.93. The molecule has 0 radical (unpaired) electrons. The van der Waals surface area contributed by atoms with E-state index in [4.69, 9.17) is 14.0 Å². The number of methoxy groups -OCH3 is 1. The van der Waals surface area contributed by atoms with Gasteiger partial charge in [0.2, 0.25) is 11.8 Å². The molecule has 1 aromatic carbocycles. The van der Waals surface area contributed by atoms with Gasteiger partial charge in [-0.15, -0.1) is 0 Å². The highest BCUT2D eigenvalue weighted by Crippen LogP contribution is 2.26. The number of carbonyl (C=O) groups is 1. The van der Waals surface area contributed by atoms with E-state index in [0.29, 0.717) is 50.9 Å².